The summed E-state index contributed by atoms with van der Waals surface area (Å²) in [6.45, 7) is 6.26. The molecule has 0 aliphatic carbocycles. The van der Waals surface area contributed by atoms with E-state index in [0.29, 0.717) is 29.9 Å². The number of nitrogens with one attached hydrogen (secondary N) is 1. The molecule has 9 heteroatoms. The van der Waals surface area contributed by atoms with Crippen LogP contribution in [0.5, 0.6) is 0 Å². The third-order valence-electron chi connectivity index (χ3n) is 6.51. The highest BCUT2D eigenvalue weighted by atomic mass is 19.1. The fourth-order valence-electron chi connectivity index (χ4n) is 4.97. The second-order valence-corrected chi connectivity index (χ2v) is 8.59. The van der Waals surface area contributed by atoms with Crippen molar-refractivity contribution >= 4 is 23.4 Å². The molecule has 8 nitrogen and oxygen atoms in total. The Morgan fingerprint density at radius 1 is 1.32 bits per heavy atom. The van der Waals surface area contributed by atoms with E-state index in [1.807, 2.05) is 0 Å². The third kappa shape index (κ3) is 4.77. The number of benzene rings is 1. The number of halogens is 1. The van der Waals surface area contributed by atoms with Crippen LogP contribution in [0.4, 0.5) is 20.6 Å². The highest BCUT2D eigenvalue weighted by Crippen LogP contribution is 2.35. The van der Waals surface area contributed by atoms with Crippen molar-refractivity contribution < 1.29 is 23.5 Å². The van der Waals surface area contributed by atoms with Crippen molar-refractivity contribution in [1.29, 1.82) is 0 Å². The molecule has 3 aliphatic heterocycles. The molecule has 1 N–H and O–H groups in total. The number of fused-ring (bicyclic) bond motifs is 1. The molecule has 170 valence electrons. The van der Waals surface area contributed by atoms with Gasteiger partial charge in [-0.2, -0.15) is 0 Å². The summed E-state index contributed by atoms with van der Waals surface area (Å²) in [7, 11) is 1.72. The van der Waals surface area contributed by atoms with Gasteiger partial charge in [0.25, 0.3) is 0 Å². The lowest BCUT2D eigenvalue weighted by atomic mass is 9.92. The molecule has 0 aromatic heterocycles. The Balaban J connectivity index is 1.42. The molecular weight excluding hydrogens is 403 g/mol. The molecule has 0 radical (unpaired) electrons. The van der Waals surface area contributed by atoms with Crippen LogP contribution in [0.1, 0.15) is 19.8 Å². The van der Waals surface area contributed by atoms with E-state index in [0.717, 1.165) is 32.6 Å². The van der Waals surface area contributed by atoms with E-state index in [-0.39, 0.29) is 24.8 Å². The molecule has 1 aromatic carbocycles. The number of methoxy groups -OCH3 is 1. The van der Waals surface area contributed by atoms with Crippen LogP contribution in [0.2, 0.25) is 0 Å². The Kier molecular flexibility index (Phi) is 6.62. The summed E-state index contributed by atoms with van der Waals surface area (Å²) in [6.07, 6.45) is 1.36. The van der Waals surface area contributed by atoms with Crippen LogP contribution < -0.4 is 15.1 Å². The summed E-state index contributed by atoms with van der Waals surface area (Å²) in [5.74, 6) is 0.0161. The van der Waals surface area contributed by atoms with Crippen LogP contribution in [-0.2, 0) is 14.3 Å². The predicted octanol–water partition coefficient (Wildman–Crippen LogP) is 1.83. The lowest BCUT2D eigenvalue weighted by Crippen LogP contribution is -2.46. The van der Waals surface area contributed by atoms with Gasteiger partial charge in [-0.1, -0.05) is 0 Å². The Hall–Kier alpha value is -2.39. The number of amides is 2. The Morgan fingerprint density at radius 3 is 2.90 bits per heavy atom. The van der Waals surface area contributed by atoms with Crippen molar-refractivity contribution in [2.45, 2.75) is 31.9 Å². The highest BCUT2D eigenvalue weighted by Gasteiger charge is 2.40. The molecule has 3 unspecified atom stereocenters. The first-order chi connectivity index (χ1) is 15.0. The van der Waals surface area contributed by atoms with Gasteiger partial charge in [0.1, 0.15) is 11.9 Å². The quantitative estimate of drug-likeness (QED) is 0.706. The molecule has 3 heterocycles. The van der Waals surface area contributed by atoms with Gasteiger partial charge < -0.3 is 19.7 Å². The maximum Gasteiger partial charge on any atom is 0.414 e. The minimum absolute atomic E-state index is 0.183. The smallest absolute Gasteiger partial charge is 0.414 e. The Bertz CT molecular complexity index is 823. The lowest BCUT2D eigenvalue weighted by Gasteiger charge is -2.36. The fraction of sp³-hybridized carbons (Fsp3) is 0.636. The standard InChI is InChI=1S/C22H31FN4O4/c1-15(28)24-11-18-13-27(22(29)31-18)17-5-6-20(19(23)10-17)26-12-16-4-3-7-25(8-9-30-2)21(16)14-26/h5-6,10,16,18,21H,3-4,7-9,11-14H2,1-2H3,(H,24,28). The topological polar surface area (TPSA) is 74.3 Å². The molecule has 2 amide bonds. The Morgan fingerprint density at radius 2 is 2.16 bits per heavy atom. The van der Waals surface area contributed by atoms with Gasteiger partial charge in [0, 0.05) is 39.7 Å². The second kappa shape index (κ2) is 9.40. The molecule has 31 heavy (non-hydrogen) atoms. The molecule has 3 fully saturated rings. The third-order valence-corrected chi connectivity index (χ3v) is 6.51. The van der Waals surface area contributed by atoms with Crippen molar-refractivity contribution in [3.05, 3.63) is 24.0 Å². The van der Waals surface area contributed by atoms with Crippen LogP contribution in [-0.4, -0.2) is 82.0 Å². The summed E-state index contributed by atoms with van der Waals surface area (Å²) >= 11 is 0. The number of piperidine rings is 1. The normalized spacial score (nSPS) is 26.2. The predicted molar refractivity (Wildman–Crippen MR) is 115 cm³/mol. The maximum atomic E-state index is 15.1. The minimum Gasteiger partial charge on any atom is -0.442 e. The minimum atomic E-state index is -0.525. The van der Waals surface area contributed by atoms with Crippen molar-refractivity contribution in [2.75, 3.05) is 62.8 Å². The van der Waals surface area contributed by atoms with E-state index >= 15 is 4.39 Å². The van der Waals surface area contributed by atoms with E-state index in [1.54, 1.807) is 19.2 Å². The van der Waals surface area contributed by atoms with Gasteiger partial charge >= 0.3 is 6.09 Å². The number of nitrogens with zero attached hydrogens (tertiary/aromatic N) is 3. The van der Waals surface area contributed by atoms with Gasteiger partial charge in [-0.3, -0.25) is 14.6 Å². The van der Waals surface area contributed by atoms with Crippen LogP contribution >= 0.6 is 0 Å². The molecule has 4 rings (SSSR count). The van der Waals surface area contributed by atoms with Gasteiger partial charge in [0.05, 0.1) is 31.1 Å². The largest absolute Gasteiger partial charge is 0.442 e. The number of hydrogen-bond donors (Lipinski definition) is 1. The number of hydrogen-bond acceptors (Lipinski definition) is 6. The zero-order valence-electron chi connectivity index (χ0n) is 18.2. The number of carbonyl (C=O) groups excluding carboxylic acids is 2. The molecule has 1 aromatic rings. The second-order valence-electron chi connectivity index (χ2n) is 8.59. The molecule has 0 bridgehead atoms. The number of carbonyl (C=O) groups is 2. The van der Waals surface area contributed by atoms with Crippen molar-refractivity contribution in [3.63, 3.8) is 0 Å². The molecule has 0 saturated carbocycles. The van der Waals surface area contributed by atoms with Crippen LogP contribution in [0, 0.1) is 11.7 Å². The first-order valence-corrected chi connectivity index (χ1v) is 11.0. The lowest BCUT2D eigenvalue weighted by molar-refractivity contribution is -0.119. The molecule has 0 spiro atoms. The fourth-order valence-corrected chi connectivity index (χ4v) is 4.97. The number of anilines is 2. The van der Waals surface area contributed by atoms with E-state index in [1.165, 1.54) is 24.3 Å². The number of likely N-dealkylation sites (tertiary alicyclic amines) is 1. The summed E-state index contributed by atoms with van der Waals surface area (Å²) in [5.41, 5.74) is 1.04. The highest BCUT2D eigenvalue weighted by molar-refractivity contribution is 5.90. The van der Waals surface area contributed by atoms with Crippen molar-refractivity contribution in [3.8, 4) is 0 Å². The van der Waals surface area contributed by atoms with E-state index in [4.69, 9.17) is 9.47 Å². The van der Waals surface area contributed by atoms with Crippen molar-refractivity contribution in [1.82, 2.24) is 10.2 Å². The Labute approximate surface area is 182 Å². The molecule has 3 saturated heterocycles. The van der Waals surface area contributed by atoms with Gasteiger partial charge in [-0.05, 0) is 43.5 Å². The van der Waals surface area contributed by atoms with Crippen LogP contribution in [0.25, 0.3) is 0 Å². The first kappa shape index (κ1) is 21.8. The van der Waals surface area contributed by atoms with Crippen LogP contribution in [0.3, 0.4) is 0 Å². The summed E-state index contributed by atoms with van der Waals surface area (Å²) < 4.78 is 25.6. The number of cyclic esters (lactones) is 1. The summed E-state index contributed by atoms with van der Waals surface area (Å²) in [6, 6.07) is 5.36. The van der Waals surface area contributed by atoms with Gasteiger partial charge in [-0.25, -0.2) is 9.18 Å². The molecular formula is C22H31FN4O4. The first-order valence-electron chi connectivity index (χ1n) is 11.0. The molecule has 3 atom stereocenters. The number of rotatable bonds is 7. The van der Waals surface area contributed by atoms with Crippen LogP contribution in [0.15, 0.2) is 18.2 Å². The van der Waals surface area contributed by atoms with Gasteiger partial charge in [0.15, 0.2) is 0 Å². The maximum absolute atomic E-state index is 15.1. The zero-order chi connectivity index (χ0) is 22.0. The zero-order valence-corrected chi connectivity index (χ0v) is 18.2. The summed E-state index contributed by atoms with van der Waals surface area (Å²) in [5, 5.41) is 2.64. The van der Waals surface area contributed by atoms with Crippen molar-refractivity contribution in [2.24, 2.45) is 5.92 Å². The average Bonchev–Trinajstić information content (AvgIpc) is 3.34. The van der Waals surface area contributed by atoms with Gasteiger partial charge in [-0.15, -0.1) is 0 Å². The van der Waals surface area contributed by atoms with E-state index < -0.39 is 12.2 Å². The van der Waals surface area contributed by atoms with E-state index in [2.05, 4.69) is 15.1 Å². The SMILES string of the molecule is COCCN1CCCC2CN(c3ccc(N4CC(CNC(C)=O)OC4=O)cc3F)CC21. The number of ether oxygens (including phenoxy) is 2. The van der Waals surface area contributed by atoms with Gasteiger partial charge in [0.2, 0.25) is 5.91 Å². The molecule has 3 aliphatic rings. The monoisotopic (exact) mass is 434 g/mol. The average molecular weight is 435 g/mol. The van der Waals surface area contributed by atoms with E-state index in [9.17, 15) is 9.59 Å². The summed E-state index contributed by atoms with van der Waals surface area (Å²) in [4.78, 5) is 29.3.